The molecule has 1 aromatic heterocycles. The monoisotopic (exact) mass is 292 g/mol. The van der Waals surface area contributed by atoms with Gasteiger partial charge in [0.15, 0.2) is 0 Å². The number of nitrogens with zero attached hydrogens (tertiary/aromatic N) is 2. The Morgan fingerprint density at radius 2 is 1.95 bits per heavy atom. The first-order valence-corrected chi connectivity index (χ1v) is 7.02. The molecule has 2 unspecified atom stereocenters. The molecule has 2 heterocycles. The largest absolute Gasteiger partial charge is 0.469 e. The van der Waals surface area contributed by atoms with Gasteiger partial charge in [0.25, 0.3) is 0 Å². The predicted molar refractivity (Wildman–Crippen MR) is 76.7 cm³/mol. The van der Waals surface area contributed by atoms with Gasteiger partial charge in [-0.2, -0.15) is 0 Å². The summed E-state index contributed by atoms with van der Waals surface area (Å²) in [7, 11) is 2.67. The highest BCUT2D eigenvalue weighted by molar-refractivity contribution is 5.87. The minimum atomic E-state index is -0.695. The van der Waals surface area contributed by atoms with Crippen molar-refractivity contribution in [3.8, 4) is 0 Å². The Balaban J connectivity index is 2.39. The molecule has 21 heavy (non-hydrogen) atoms. The van der Waals surface area contributed by atoms with Crippen molar-refractivity contribution in [1.82, 2.24) is 4.98 Å². The van der Waals surface area contributed by atoms with Crippen LogP contribution in [0.2, 0.25) is 0 Å². The lowest BCUT2D eigenvalue weighted by Crippen LogP contribution is -2.49. The SMILES string of the molecule is COC(=O)C1CCCCN(c2ccccn2)C1C(=O)OC. The minimum Gasteiger partial charge on any atom is -0.469 e. The van der Waals surface area contributed by atoms with Gasteiger partial charge in [0.1, 0.15) is 11.9 Å². The van der Waals surface area contributed by atoms with Crippen LogP contribution in [0.3, 0.4) is 0 Å². The fraction of sp³-hybridized carbons (Fsp3) is 0.533. The summed E-state index contributed by atoms with van der Waals surface area (Å²) < 4.78 is 9.77. The zero-order valence-electron chi connectivity index (χ0n) is 12.3. The summed E-state index contributed by atoms with van der Waals surface area (Å²) in [6.07, 6.45) is 4.02. The molecule has 0 amide bonds. The van der Waals surface area contributed by atoms with Crippen LogP contribution in [0.5, 0.6) is 0 Å². The second kappa shape index (κ2) is 7.06. The topological polar surface area (TPSA) is 68.7 Å². The molecule has 1 aromatic rings. The molecule has 6 nitrogen and oxygen atoms in total. The first kappa shape index (κ1) is 15.3. The van der Waals surface area contributed by atoms with Crippen LogP contribution in [-0.2, 0) is 19.1 Å². The van der Waals surface area contributed by atoms with Crippen molar-refractivity contribution in [2.75, 3.05) is 25.7 Å². The Kier molecular flexibility index (Phi) is 5.14. The van der Waals surface area contributed by atoms with Gasteiger partial charge in [0.2, 0.25) is 0 Å². The molecule has 114 valence electrons. The second-order valence-electron chi connectivity index (χ2n) is 4.97. The third-order valence-corrected chi connectivity index (χ3v) is 3.77. The standard InChI is InChI=1S/C15H20N2O4/c1-20-14(18)11-7-4-6-10-17(13(11)15(19)21-2)12-8-3-5-9-16-12/h3,5,8-9,11,13H,4,6-7,10H2,1-2H3. The molecule has 1 aliphatic heterocycles. The van der Waals surface area contributed by atoms with E-state index in [1.165, 1.54) is 14.2 Å². The molecular formula is C15H20N2O4. The molecule has 1 fully saturated rings. The third-order valence-electron chi connectivity index (χ3n) is 3.77. The summed E-state index contributed by atoms with van der Waals surface area (Å²) in [5.41, 5.74) is 0. The Hall–Kier alpha value is -2.11. The van der Waals surface area contributed by atoms with Crippen molar-refractivity contribution < 1.29 is 19.1 Å². The predicted octanol–water partition coefficient (Wildman–Crippen LogP) is 1.40. The van der Waals surface area contributed by atoms with Crippen molar-refractivity contribution in [3.63, 3.8) is 0 Å². The summed E-state index contributed by atoms with van der Waals surface area (Å²) in [5, 5.41) is 0. The van der Waals surface area contributed by atoms with E-state index in [9.17, 15) is 9.59 Å². The second-order valence-corrected chi connectivity index (χ2v) is 4.97. The third kappa shape index (κ3) is 3.32. The number of rotatable bonds is 3. The average Bonchev–Trinajstić information content (AvgIpc) is 2.77. The van der Waals surface area contributed by atoms with E-state index in [1.807, 2.05) is 23.1 Å². The number of aromatic nitrogens is 1. The van der Waals surface area contributed by atoms with E-state index < -0.39 is 17.9 Å². The Labute approximate surface area is 124 Å². The number of hydrogen-bond donors (Lipinski definition) is 0. The minimum absolute atomic E-state index is 0.381. The molecule has 2 rings (SSSR count). The number of hydrogen-bond acceptors (Lipinski definition) is 6. The van der Waals surface area contributed by atoms with E-state index >= 15 is 0 Å². The maximum atomic E-state index is 12.2. The first-order valence-electron chi connectivity index (χ1n) is 7.02. The highest BCUT2D eigenvalue weighted by Gasteiger charge is 2.41. The van der Waals surface area contributed by atoms with Crippen molar-refractivity contribution >= 4 is 17.8 Å². The lowest BCUT2D eigenvalue weighted by Gasteiger charge is -2.32. The Bertz CT molecular complexity index is 492. The van der Waals surface area contributed by atoms with Crippen LogP contribution in [0.25, 0.3) is 0 Å². The number of esters is 2. The van der Waals surface area contributed by atoms with Crippen LogP contribution >= 0.6 is 0 Å². The van der Waals surface area contributed by atoms with Gasteiger partial charge in [-0.25, -0.2) is 9.78 Å². The maximum Gasteiger partial charge on any atom is 0.329 e. The van der Waals surface area contributed by atoms with Crippen LogP contribution in [0.15, 0.2) is 24.4 Å². The van der Waals surface area contributed by atoms with Gasteiger partial charge in [-0.15, -0.1) is 0 Å². The fourth-order valence-corrected chi connectivity index (χ4v) is 2.75. The van der Waals surface area contributed by atoms with E-state index in [2.05, 4.69) is 4.98 Å². The fourth-order valence-electron chi connectivity index (χ4n) is 2.75. The number of ether oxygens (including phenoxy) is 2. The normalized spacial score (nSPS) is 22.3. The van der Waals surface area contributed by atoms with Crippen LogP contribution in [0, 0.1) is 5.92 Å². The summed E-state index contributed by atoms with van der Waals surface area (Å²) in [5.74, 6) is -0.679. The lowest BCUT2D eigenvalue weighted by atomic mass is 9.94. The molecule has 0 radical (unpaired) electrons. The van der Waals surface area contributed by atoms with E-state index in [0.717, 1.165) is 12.8 Å². The molecule has 0 saturated carbocycles. The van der Waals surface area contributed by atoms with Gasteiger partial charge >= 0.3 is 11.9 Å². The zero-order chi connectivity index (χ0) is 15.2. The molecule has 2 atom stereocenters. The molecule has 0 aromatic carbocycles. The number of methoxy groups -OCH3 is 2. The van der Waals surface area contributed by atoms with Crippen LogP contribution in [0.1, 0.15) is 19.3 Å². The van der Waals surface area contributed by atoms with Gasteiger partial charge in [-0.05, 0) is 25.0 Å². The summed E-state index contributed by atoms with van der Waals surface area (Å²) in [6, 6.07) is 4.80. The molecular weight excluding hydrogens is 272 g/mol. The van der Waals surface area contributed by atoms with E-state index in [-0.39, 0.29) is 5.97 Å². The molecule has 1 aliphatic rings. The number of carbonyl (C=O) groups excluding carboxylic acids is 2. The van der Waals surface area contributed by atoms with Crippen molar-refractivity contribution in [2.24, 2.45) is 5.92 Å². The van der Waals surface area contributed by atoms with Crippen molar-refractivity contribution in [1.29, 1.82) is 0 Å². The summed E-state index contributed by atoms with van der Waals surface area (Å²) >= 11 is 0. The first-order chi connectivity index (χ1) is 10.2. The number of carbonyl (C=O) groups is 2. The molecule has 6 heteroatoms. The van der Waals surface area contributed by atoms with Gasteiger partial charge in [0.05, 0.1) is 20.1 Å². The lowest BCUT2D eigenvalue weighted by molar-refractivity contribution is -0.153. The van der Waals surface area contributed by atoms with Gasteiger partial charge < -0.3 is 14.4 Å². The van der Waals surface area contributed by atoms with Gasteiger partial charge in [-0.3, -0.25) is 4.79 Å². The van der Waals surface area contributed by atoms with E-state index in [0.29, 0.717) is 18.8 Å². The van der Waals surface area contributed by atoms with E-state index in [1.54, 1.807) is 6.20 Å². The van der Waals surface area contributed by atoms with Crippen LogP contribution in [-0.4, -0.2) is 43.7 Å². The van der Waals surface area contributed by atoms with Crippen LogP contribution in [0.4, 0.5) is 5.82 Å². The Morgan fingerprint density at radius 3 is 2.57 bits per heavy atom. The van der Waals surface area contributed by atoms with Gasteiger partial charge in [-0.1, -0.05) is 12.5 Å². The zero-order valence-corrected chi connectivity index (χ0v) is 12.3. The van der Waals surface area contributed by atoms with E-state index in [4.69, 9.17) is 9.47 Å². The Morgan fingerprint density at radius 1 is 1.19 bits per heavy atom. The van der Waals surface area contributed by atoms with Gasteiger partial charge in [0, 0.05) is 12.7 Å². The molecule has 0 spiro atoms. The number of anilines is 1. The van der Waals surface area contributed by atoms with Crippen molar-refractivity contribution in [3.05, 3.63) is 24.4 Å². The molecule has 0 aliphatic carbocycles. The average molecular weight is 292 g/mol. The summed E-state index contributed by atoms with van der Waals surface area (Å²) in [4.78, 5) is 30.4. The molecule has 0 bridgehead atoms. The molecule has 1 saturated heterocycles. The smallest absolute Gasteiger partial charge is 0.329 e. The summed E-state index contributed by atoms with van der Waals surface area (Å²) in [6.45, 7) is 0.657. The van der Waals surface area contributed by atoms with Crippen LogP contribution < -0.4 is 4.90 Å². The highest BCUT2D eigenvalue weighted by Crippen LogP contribution is 2.28. The van der Waals surface area contributed by atoms with Crippen molar-refractivity contribution in [2.45, 2.75) is 25.3 Å². The number of pyridine rings is 1. The highest BCUT2D eigenvalue weighted by atomic mass is 16.5. The molecule has 0 N–H and O–H groups in total. The maximum absolute atomic E-state index is 12.2. The quantitative estimate of drug-likeness (QED) is 0.784.